The molecule has 2 aliphatic heterocycles. The summed E-state index contributed by atoms with van der Waals surface area (Å²) >= 11 is 1.46. The van der Waals surface area contributed by atoms with Crippen LogP contribution in [0.4, 0.5) is 4.79 Å². The number of nitrogens with one attached hydrogen (secondary N) is 2. The molecular formula is C6H6N2O2S. The van der Waals surface area contributed by atoms with E-state index in [2.05, 4.69) is 10.6 Å². The Kier molecular flexibility index (Phi) is 1.38. The lowest BCUT2D eigenvalue weighted by Gasteiger charge is -2.24. The molecule has 2 aliphatic rings. The Morgan fingerprint density at radius 2 is 2.27 bits per heavy atom. The summed E-state index contributed by atoms with van der Waals surface area (Å²) in [6, 6.07) is -0.396. The van der Waals surface area contributed by atoms with Crippen LogP contribution in [0.1, 0.15) is 0 Å². The predicted molar refractivity (Wildman–Crippen MR) is 40.7 cm³/mol. The molecule has 1 fully saturated rings. The molecule has 2 N–H and O–H groups in total. The molecule has 11 heavy (non-hydrogen) atoms. The highest BCUT2D eigenvalue weighted by atomic mass is 32.2. The van der Waals surface area contributed by atoms with Gasteiger partial charge in [0.05, 0.1) is 11.3 Å². The van der Waals surface area contributed by atoms with Crippen molar-refractivity contribution in [1.82, 2.24) is 10.6 Å². The zero-order chi connectivity index (χ0) is 7.84. The molecular weight excluding hydrogens is 164 g/mol. The number of rotatable bonds is 0. The van der Waals surface area contributed by atoms with Gasteiger partial charge in [0, 0.05) is 0 Å². The van der Waals surface area contributed by atoms with Gasteiger partial charge in [0.1, 0.15) is 0 Å². The molecule has 0 spiro atoms. The minimum absolute atomic E-state index is 0.0868. The van der Waals surface area contributed by atoms with E-state index in [1.807, 2.05) is 5.41 Å². The van der Waals surface area contributed by atoms with Crippen LogP contribution in [0.2, 0.25) is 0 Å². The van der Waals surface area contributed by atoms with Gasteiger partial charge in [-0.2, -0.15) is 0 Å². The number of fused-ring (bicyclic) bond motifs is 1. The molecule has 1 saturated heterocycles. The lowest BCUT2D eigenvalue weighted by molar-refractivity contribution is -0.123. The van der Waals surface area contributed by atoms with Crippen LogP contribution < -0.4 is 10.6 Å². The van der Waals surface area contributed by atoms with Crippen molar-refractivity contribution < 1.29 is 9.59 Å². The Morgan fingerprint density at radius 1 is 1.45 bits per heavy atom. The first-order valence-corrected chi connectivity index (χ1v) is 4.15. The van der Waals surface area contributed by atoms with E-state index in [4.69, 9.17) is 0 Å². The first kappa shape index (κ1) is 6.72. The summed E-state index contributed by atoms with van der Waals surface area (Å²) in [7, 11) is 0. The third kappa shape index (κ3) is 1.01. The third-order valence-electron chi connectivity index (χ3n) is 1.65. The molecule has 0 saturated carbocycles. The van der Waals surface area contributed by atoms with Crippen molar-refractivity contribution in [2.24, 2.45) is 5.92 Å². The van der Waals surface area contributed by atoms with Crippen molar-refractivity contribution in [3.05, 3.63) is 11.5 Å². The van der Waals surface area contributed by atoms with Crippen LogP contribution in [0.15, 0.2) is 11.5 Å². The highest BCUT2D eigenvalue weighted by molar-refractivity contribution is 8.03. The molecule has 2 rings (SSSR count). The van der Waals surface area contributed by atoms with Crippen LogP contribution in [0, 0.1) is 5.92 Å². The molecule has 5 heteroatoms. The maximum atomic E-state index is 11.0. The second-order valence-electron chi connectivity index (χ2n) is 2.37. The molecule has 0 aromatic carbocycles. The van der Waals surface area contributed by atoms with Crippen LogP contribution in [-0.4, -0.2) is 17.3 Å². The lowest BCUT2D eigenvalue weighted by atomic mass is 10.1. The molecule has 4 nitrogen and oxygen atoms in total. The van der Waals surface area contributed by atoms with E-state index in [1.165, 1.54) is 11.8 Å². The topological polar surface area (TPSA) is 58.2 Å². The van der Waals surface area contributed by atoms with E-state index in [9.17, 15) is 9.59 Å². The third-order valence-corrected chi connectivity index (χ3v) is 2.67. The second-order valence-corrected chi connectivity index (χ2v) is 3.43. The van der Waals surface area contributed by atoms with Crippen molar-refractivity contribution in [1.29, 1.82) is 0 Å². The van der Waals surface area contributed by atoms with E-state index in [-0.39, 0.29) is 17.2 Å². The van der Waals surface area contributed by atoms with Crippen molar-refractivity contribution in [3.63, 3.8) is 0 Å². The number of carbonyl (C=O) groups excluding carboxylic acids is 2. The standard InChI is InChI=1S/C6H6N2O2S/c9-4-3-1-2-11-5(3)8-6(10)7-4/h1-3,5H,(H2,7,8,9,10). The Bertz CT molecular complexity index is 251. The Balaban J connectivity index is 2.21. The number of urea groups is 1. The molecule has 2 unspecified atom stereocenters. The number of carbonyl (C=O) groups is 2. The van der Waals surface area contributed by atoms with Gasteiger partial charge in [-0.05, 0) is 5.41 Å². The lowest BCUT2D eigenvalue weighted by Crippen LogP contribution is -2.55. The monoisotopic (exact) mass is 170 g/mol. The summed E-state index contributed by atoms with van der Waals surface area (Å²) in [6.07, 6.45) is 1.80. The van der Waals surface area contributed by atoms with Crippen LogP contribution in [0.3, 0.4) is 0 Å². The number of hydrogen-bond acceptors (Lipinski definition) is 3. The van der Waals surface area contributed by atoms with Crippen molar-refractivity contribution in [2.75, 3.05) is 0 Å². The summed E-state index contributed by atoms with van der Waals surface area (Å²) in [4.78, 5) is 21.8. The zero-order valence-electron chi connectivity index (χ0n) is 5.53. The van der Waals surface area contributed by atoms with Gasteiger partial charge in [0.15, 0.2) is 0 Å². The molecule has 0 aromatic heterocycles. The molecule has 0 radical (unpaired) electrons. The molecule has 58 valence electrons. The predicted octanol–water partition coefficient (Wildman–Crippen LogP) is 0.0286. The van der Waals surface area contributed by atoms with E-state index >= 15 is 0 Å². The summed E-state index contributed by atoms with van der Waals surface area (Å²) in [5.41, 5.74) is 0. The normalized spacial score (nSPS) is 34.5. The van der Waals surface area contributed by atoms with Gasteiger partial charge >= 0.3 is 6.03 Å². The number of imide groups is 1. The molecule has 0 aromatic rings. The smallest absolute Gasteiger partial charge is 0.322 e. The van der Waals surface area contributed by atoms with Crippen LogP contribution in [0.25, 0.3) is 0 Å². The van der Waals surface area contributed by atoms with Crippen molar-refractivity contribution in [3.8, 4) is 0 Å². The number of thioether (sulfide) groups is 1. The van der Waals surface area contributed by atoms with Crippen LogP contribution >= 0.6 is 11.8 Å². The average molecular weight is 170 g/mol. The van der Waals surface area contributed by atoms with Gasteiger partial charge < -0.3 is 5.32 Å². The summed E-state index contributed by atoms with van der Waals surface area (Å²) in [5, 5.41) is 6.58. The SMILES string of the molecule is O=C1NC(=O)C2C=CSC2N1. The van der Waals surface area contributed by atoms with Gasteiger partial charge in [0.25, 0.3) is 0 Å². The quantitative estimate of drug-likeness (QED) is 0.539. The van der Waals surface area contributed by atoms with E-state index in [0.717, 1.165) is 0 Å². The van der Waals surface area contributed by atoms with Gasteiger partial charge in [-0.3, -0.25) is 10.1 Å². The maximum absolute atomic E-state index is 11.0. The molecule has 2 heterocycles. The van der Waals surface area contributed by atoms with E-state index in [0.29, 0.717) is 0 Å². The fourth-order valence-electron chi connectivity index (χ4n) is 1.11. The minimum Gasteiger partial charge on any atom is -0.325 e. The maximum Gasteiger partial charge on any atom is 0.322 e. The average Bonchev–Trinajstić information content (AvgIpc) is 2.34. The second kappa shape index (κ2) is 2.27. The molecule has 0 bridgehead atoms. The summed E-state index contributed by atoms with van der Waals surface area (Å²) in [5.74, 6) is -0.391. The Hall–Kier alpha value is -0.970. The first-order valence-electron chi connectivity index (χ1n) is 3.21. The zero-order valence-corrected chi connectivity index (χ0v) is 6.35. The molecule has 0 aliphatic carbocycles. The van der Waals surface area contributed by atoms with Crippen LogP contribution in [0.5, 0.6) is 0 Å². The van der Waals surface area contributed by atoms with Gasteiger partial charge in [-0.15, -0.1) is 11.8 Å². The van der Waals surface area contributed by atoms with E-state index in [1.54, 1.807) is 6.08 Å². The van der Waals surface area contributed by atoms with Gasteiger partial charge in [0.2, 0.25) is 5.91 Å². The van der Waals surface area contributed by atoms with Crippen LogP contribution in [-0.2, 0) is 4.79 Å². The molecule has 2 atom stereocenters. The highest BCUT2D eigenvalue weighted by Crippen LogP contribution is 2.29. The summed E-state index contributed by atoms with van der Waals surface area (Å²) in [6.45, 7) is 0. The fourth-order valence-corrected chi connectivity index (χ4v) is 2.10. The van der Waals surface area contributed by atoms with Crippen molar-refractivity contribution in [2.45, 2.75) is 5.37 Å². The van der Waals surface area contributed by atoms with Gasteiger partial charge in [-0.25, -0.2) is 4.79 Å². The summed E-state index contributed by atoms with van der Waals surface area (Å²) < 4.78 is 0. The van der Waals surface area contributed by atoms with Gasteiger partial charge in [-0.1, -0.05) is 6.08 Å². The van der Waals surface area contributed by atoms with Crippen molar-refractivity contribution >= 4 is 23.7 Å². The first-order chi connectivity index (χ1) is 5.27. The largest absolute Gasteiger partial charge is 0.325 e. The Labute approximate surface area is 67.4 Å². The highest BCUT2D eigenvalue weighted by Gasteiger charge is 2.36. The fraction of sp³-hybridized carbons (Fsp3) is 0.333. The number of hydrogen-bond donors (Lipinski definition) is 2. The number of amides is 3. The van der Waals surface area contributed by atoms with E-state index < -0.39 is 6.03 Å². The minimum atomic E-state index is -0.396. The Morgan fingerprint density at radius 3 is 3.09 bits per heavy atom. The molecule has 3 amide bonds.